The molecule has 2 aromatic carbocycles. The van der Waals surface area contributed by atoms with E-state index >= 15 is 0 Å². The van der Waals surface area contributed by atoms with E-state index in [-0.39, 0.29) is 41.1 Å². The second-order valence-corrected chi connectivity index (χ2v) is 9.81. The van der Waals surface area contributed by atoms with Crippen molar-refractivity contribution < 1.29 is 23.9 Å². The Morgan fingerprint density at radius 2 is 1.81 bits per heavy atom. The molecule has 36 heavy (non-hydrogen) atoms. The molecule has 186 valence electrons. The van der Waals surface area contributed by atoms with Crippen molar-refractivity contribution >= 4 is 40.4 Å². The molecule has 0 bridgehead atoms. The number of anilines is 2. The number of rotatable bonds is 5. The maximum absolute atomic E-state index is 13.1. The predicted octanol–water partition coefficient (Wildman–Crippen LogP) is 3.63. The van der Waals surface area contributed by atoms with Crippen LogP contribution >= 0.6 is 11.3 Å². The fraction of sp³-hybridized carbons (Fsp3) is 0.320. The fourth-order valence-corrected chi connectivity index (χ4v) is 4.97. The Labute approximate surface area is 211 Å². The number of piperidine rings is 1. The van der Waals surface area contributed by atoms with Crippen molar-refractivity contribution in [2.24, 2.45) is 5.92 Å². The van der Waals surface area contributed by atoms with Crippen molar-refractivity contribution in [3.8, 4) is 11.5 Å². The first kappa shape index (κ1) is 23.7. The lowest BCUT2D eigenvalue weighted by atomic mass is 9.96. The summed E-state index contributed by atoms with van der Waals surface area (Å²) >= 11 is 0.921. The molecule has 3 heterocycles. The minimum Gasteiger partial charge on any atom is -0.454 e. The number of carbonyl (C=O) groups excluding carboxylic acids is 3. The Morgan fingerprint density at radius 1 is 1.00 bits per heavy atom. The summed E-state index contributed by atoms with van der Waals surface area (Å²) in [7, 11) is 0. The van der Waals surface area contributed by atoms with Crippen molar-refractivity contribution in [2.45, 2.75) is 26.7 Å². The average molecular weight is 508 g/mol. The van der Waals surface area contributed by atoms with Crippen LogP contribution in [0.3, 0.4) is 0 Å². The minimum absolute atomic E-state index is 0.0668. The zero-order valence-corrected chi connectivity index (χ0v) is 20.7. The quantitative estimate of drug-likeness (QED) is 0.541. The Morgan fingerprint density at radius 3 is 2.64 bits per heavy atom. The molecule has 1 fully saturated rings. The van der Waals surface area contributed by atoms with Gasteiger partial charge in [-0.3, -0.25) is 14.4 Å². The lowest BCUT2D eigenvalue weighted by Gasteiger charge is -2.31. The number of nitrogens with zero attached hydrogens (tertiary/aromatic N) is 3. The third-order valence-corrected chi connectivity index (χ3v) is 7.06. The number of carbonyl (C=O) groups is 3. The van der Waals surface area contributed by atoms with E-state index in [0.29, 0.717) is 36.6 Å². The third-order valence-electron chi connectivity index (χ3n) is 6.15. The summed E-state index contributed by atoms with van der Waals surface area (Å²) < 4.78 is 10.6. The number of aryl methyl sites for hydroxylation is 2. The van der Waals surface area contributed by atoms with Gasteiger partial charge < -0.3 is 25.0 Å². The number of nitrogens with one attached hydrogen (secondary N) is 2. The molecule has 0 saturated carbocycles. The van der Waals surface area contributed by atoms with Crippen LogP contribution in [0.2, 0.25) is 0 Å². The molecule has 0 spiro atoms. The molecule has 1 saturated heterocycles. The van der Waals surface area contributed by atoms with Gasteiger partial charge in [0, 0.05) is 30.5 Å². The Hall–Kier alpha value is -3.99. The fourth-order valence-electron chi connectivity index (χ4n) is 4.26. The van der Waals surface area contributed by atoms with Crippen molar-refractivity contribution in [2.75, 3.05) is 30.5 Å². The first-order valence-corrected chi connectivity index (χ1v) is 12.4. The summed E-state index contributed by atoms with van der Waals surface area (Å²) in [6, 6.07) is 10.9. The van der Waals surface area contributed by atoms with Gasteiger partial charge in [0.1, 0.15) is 0 Å². The van der Waals surface area contributed by atoms with Crippen LogP contribution < -0.4 is 20.1 Å². The van der Waals surface area contributed by atoms with Gasteiger partial charge in [-0.2, -0.15) is 0 Å². The van der Waals surface area contributed by atoms with E-state index in [9.17, 15) is 14.4 Å². The van der Waals surface area contributed by atoms with Crippen molar-refractivity contribution in [3.63, 3.8) is 0 Å². The standard InChI is InChI=1S/C25H25N5O5S/c1-14-5-7-18(15(2)10-14)27-21(31)16-4-3-9-30(12-16)25(33)24-29-28-23(36-24)22(32)26-17-6-8-19-20(11-17)35-13-34-19/h5-8,10-11,16H,3-4,9,12-13H2,1-2H3,(H,26,32)(H,27,31). The Balaban J connectivity index is 1.21. The topological polar surface area (TPSA) is 123 Å². The van der Waals surface area contributed by atoms with Gasteiger partial charge in [0.05, 0.1) is 5.92 Å². The van der Waals surface area contributed by atoms with Gasteiger partial charge in [0.15, 0.2) is 11.5 Å². The summed E-state index contributed by atoms with van der Waals surface area (Å²) in [5, 5.41) is 13.7. The predicted molar refractivity (Wildman–Crippen MR) is 134 cm³/mol. The van der Waals surface area contributed by atoms with Crippen molar-refractivity contribution in [1.29, 1.82) is 0 Å². The SMILES string of the molecule is Cc1ccc(NC(=O)C2CCCN(C(=O)c3nnc(C(=O)Nc4ccc5c(c4)OCO5)s3)C2)c(C)c1. The number of benzene rings is 2. The van der Waals surface area contributed by atoms with E-state index in [1.807, 2.05) is 32.0 Å². The molecule has 2 aliphatic heterocycles. The van der Waals surface area contributed by atoms with Crippen LogP contribution in [-0.2, 0) is 4.79 Å². The Bertz CT molecular complexity index is 1340. The monoisotopic (exact) mass is 507 g/mol. The normalized spacial score (nSPS) is 16.5. The number of hydrogen-bond donors (Lipinski definition) is 2. The van der Waals surface area contributed by atoms with Gasteiger partial charge in [-0.05, 0) is 50.5 Å². The molecule has 2 aliphatic rings. The van der Waals surface area contributed by atoms with Gasteiger partial charge in [0.25, 0.3) is 11.8 Å². The number of likely N-dealkylation sites (tertiary alicyclic amines) is 1. The molecule has 1 aromatic heterocycles. The number of aromatic nitrogens is 2. The van der Waals surface area contributed by atoms with Crippen LogP contribution in [0.1, 0.15) is 43.6 Å². The molecule has 0 radical (unpaired) electrons. The van der Waals surface area contributed by atoms with Gasteiger partial charge in [-0.15, -0.1) is 10.2 Å². The van der Waals surface area contributed by atoms with Crippen LogP contribution in [0.5, 0.6) is 11.5 Å². The maximum Gasteiger partial charge on any atom is 0.286 e. The van der Waals surface area contributed by atoms with Crippen LogP contribution in [0.25, 0.3) is 0 Å². The molecule has 2 N–H and O–H groups in total. The summed E-state index contributed by atoms with van der Waals surface area (Å²) in [4.78, 5) is 40.2. The van der Waals surface area contributed by atoms with Crippen molar-refractivity contribution in [3.05, 3.63) is 57.5 Å². The van der Waals surface area contributed by atoms with Crippen molar-refractivity contribution in [1.82, 2.24) is 15.1 Å². The highest BCUT2D eigenvalue weighted by Crippen LogP contribution is 2.34. The number of fused-ring (bicyclic) bond motifs is 1. The van der Waals surface area contributed by atoms with Crippen LogP contribution in [0.15, 0.2) is 36.4 Å². The molecule has 0 aliphatic carbocycles. The smallest absolute Gasteiger partial charge is 0.286 e. The van der Waals surface area contributed by atoms with Gasteiger partial charge in [0.2, 0.25) is 22.7 Å². The summed E-state index contributed by atoms with van der Waals surface area (Å²) in [6.07, 6.45) is 1.40. The van der Waals surface area contributed by atoms with E-state index in [4.69, 9.17) is 9.47 Å². The lowest BCUT2D eigenvalue weighted by molar-refractivity contribution is -0.121. The zero-order chi connectivity index (χ0) is 25.2. The molecule has 10 nitrogen and oxygen atoms in total. The molecule has 1 atom stereocenters. The van der Waals surface area contributed by atoms with E-state index in [2.05, 4.69) is 20.8 Å². The molecule has 3 amide bonds. The summed E-state index contributed by atoms with van der Waals surface area (Å²) in [5.41, 5.74) is 3.41. The van der Waals surface area contributed by atoms with Crippen LogP contribution in [-0.4, -0.2) is 52.7 Å². The number of amides is 3. The van der Waals surface area contributed by atoms with Crippen LogP contribution in [0.4, 0.5) is 11.4 Å². The number of hydrogen-bond acceptors (Lipinski definition) is 8. The van der Waals surface area contributed by atoms with E-state index in [0.717, 1.165) is 28.2 Å². The first-order chi connectivity index (χ1) is 17.4. The van der Waals surface area contributed by atoms with E-state index in [1.165, 1.54) is 0 Å². The lowest BCUT2D eigenvalue weighted by Crippen LogP contribution is -2.43. The Kier molecular flexibility index (Phi) is 6.55. The molecule has 5 rings (SSSR count). The highest BCUT2D eigenvalue weighted by molar-refractivity contribution is 7.15. The number of ether oxygens (including phenoxy) is 2. The highest BCUT2D eigenvalue weighted by Gasteiger charge is 2.31. The van der Waals surface area contributed by atoms with Gasteiger partial charge >= 0.3 is 0 Å². The zero-order valence-electron chi connectivity index (χ0n) is 19.9. The average Bonchev–Trinajstić information content (AvgIpc) is 3.55. The highest BCUT2D eigenvalue weighted by atomic mass is 32.1. The maximum atomic E-state index is 13.1. The second-order valence-electron chi connectivity index (χ2n) is 8.83. The summed E-state index contributed by atoms with van der Waals surface area (Å²) in [5.74, 6) is -0.0967. The van der Waals surface area contributed by atoms with Gasteiger partial charge in [-0.1, -0.05) is 29.0 Å². The molecular formula is C25H25N5O5S. The van der Waals surface area contributed by atoms with E-state index < -0.39 is 5.91 Å². The molecule has 1 unspecified atom stereocenters. The molecule has 11 heteroatoms. The first-order valence-electron chi connectivity index (χ1n) is 11.6. The van der Waals surface area contributed by atoms with Crippen LogP contribution in [0, 0.1) is 19.8 Å². The molecule has 3 aromatic rings. The van der Waals surface area contributed by atoms with Gasteiger partial charge in [-0.25, -0.2) is 0 Å². The largest absolute Gasteiger partial charge is 0.454 e. The second kappa shape index (κ2) is 9.94. The minimum atomic E-state index is -0.477. The summed E-state index contributed by atoms with van der Waals surface area (Å²) in [6.45, 7) is 4.90. The van der Waals surface area contributed by atoms with E-state index in [1.54, 1.807) is 23.1 Å². The molecular weight excluding hydrogens is 482 g/mol. The third kappa shape index (κ3) is 5.01.